The number of fused-ring (bicyclic) bond motifs is 3. The second-order valence-electron chi connectivity index (χ2n) is 13.8. The van der Waals surface area contributed by atoms with E-state index in [1.807, 2.05) is 67.6 Å². The number of para-hydroxylation sites is 1. The van der Waals surface area contributed by atoms with Gasteiger partial charge in [0.05, 0.1) is 0 Å². The summed E-state index contributed by atoms with van der Waals surface area (Å²) in [5, 5.41) is 5.46. The predicted molar refractivity (Wildman–Crippen MR) is 225 cm³/mol. The minimum Gasteiger partial charge on any atom is -0.456 e. The Kier molecular flexibility index (Phi) is 8.15. The van der Waals surface area contributed by atoms with Gasteiger partial charge in [-0.3, -0.25) is 15.0 Å². The van der Waals surface area contributed by atoms with Gasteiger partial charge in [0.25, 0.3) is 0 Å². The van der Waals surface area contributed by atoms with Gasteiger partial charge in [0.1, 0.15) is 11.2 Å². The Morgan fingerprint density at radius 3 is 1.58 bits per heavy atom. The lowest BCUT2D eigenvalue weighted by atomic mass is 9.91. The van der Waals surface area contributed by atoms with Crippen LogP contribution in [0.5, 0.6) is 0 Å². The van der Waals surface area contributed by atoms with Crippen molar-refractivity contribution in [1.82, 2.24) is 20.3 Å². The monoisotopic (exact) mass is 706 g/mol. The highest BCUT2D eigenvalue weighted by Gasteiger charge is 2.14. The molecule has 0 aliphatic carbocycles. The van der Waals surface area contributed by atoms with Gasteiger partial charge in [0.2, 0.25) is 0 Å². The molecule has 0 atom stereocenters. The normalized spacial score (nSPS) is 12.5. The number of aromatic nitrogens is 3. The van der Waals surface area contributed by atoms with Gasteiger partial charge in [-0.1, -0.05) is 66.7 Å². The SMILES string of the molecule is C1=CC(c2cncc(-c3cccc(-c4cc(-c5cccc(-c6cncc(-c7ccncc7)c6)c5)cc(-c5ccc6oc7ccccc7c6c5)c4)c3)c2)=CCN1. The van der Waals surface area contributed by atoms with Crippen molar-refractivity contribution in [3.8, 4) is 66.8 Å². The molecule has 5 heterocycles. The first-order chi connectivity index (χ1) is 27.2. The summed E-state index contributed by atoms with van der Waals surface area (Å²) in [6.07, 6.45) is 17.6. The van der Waals surface area contributed by atoms with Crippen molar-refractivity contribution in [1.29, 1.82) is 0 Å². The van der Waals surface area contributed by atoms with Gasteiger partial charge in [-0.05, 0) is 141 Å². The van der Waals surface area contributed by atoms with E-state index >= 15 is 0 Å². The number of nitrogens with zero attached hydrogens (tertiary/aromatic N) is 3. The Balaban J connectivity index is 1.09. The fourth-order valence-electron chi connectivity index (χ4n) is 7.51. The standard InChI is InChI=1S/C50H34N4O/c1-2-10-49-47(9-1)48-28-39(11-12-50(48)55-49)42-24-40(35-5-3-7-37(21-35)45-26-43(29-53-31-45)33-13-17-51-18-14-33)23-41(25-42)36-6-4-8-38(22-36)46-27-44(30-54-32-46)34-15-19-52-20-16-34/h1-19,21-32,52H,20H2. The molecule has 5 aromatic carbocycles. The quantitative estimate of drug-likeness (QED) is 0.179. The maximum atomic E-state index is 6.20. The fourth-order valence-corrected chi connectivity index (χ4v) is 7.51. The predicted octanol–water partition coefficient (Wildman–Crippen LogP) is 12.3. The molecule has 1 aliphatic heterocycles. The number of nitrogens with one attached hydrogen (secondary N) is 1. The first-order valence-corrected chi connectivity index (χ1v) is 18.4. The molecule has 0 unspecified atom stereocenters. The Morgan fingerprint density at radius 2 is 0.927 bits per heavy atom. The third kappa shape index (κ3) is 6.38. The summed E-state index contributed by atoms with van der Waals surface area (Å²) in [5.74, 6) is 0. The molecule has 0 saturated carbocycles. The van der Waals surface area contributed by atoms with Crippen molar-refractivity contribution in [3.63, 3.8) is 0 Å². The zero-order chi connectivity index (χ0) is 36.6. The van der Waals surface area contributed by atoms with Crippen LogP contribution in [0, 0.1) is 0 Å². The first kappa shape index (κ1) is 32.3. The van der Waals surface area contributed by atoms with Gasteiger partial charge in [-0.2, -0.15) is 0 Å². The summed E-state index contributed by atoms with van der Waals surface area (Å²) in [6, 6.07) is 47.6. The number of rotatable bonds is 7. The van der Waals surface area contributed by atoms with Crippen LogP contribution >= 0.6 is 0 Å². The van der Waals surface area contributed by atoms with Gasteiger partial charge >= 0.3 is 0 Å². The van der Waals surface area contributed by atoms with Gasteiger partial charge in [0, 0.05) is 76.8 Å². The van der Waals surface area contributed by atoms with Crippen molar-refractivity contribution in [3.05, 3.63) is 195 Å². The molecule has 0 spiro atoms. The summed E-state index contributed by atoms with van der Waals surface area (Å²) in [5.41, 5.74) is 17.3. The topological polar surface area (TPSA) is 63.8 Å². The minimum atomic E-state index is 0.811. The molecule has 0 bridgehead atoms. The second kappa shape index (κ2) is 13.9. The highest BCUT2D eigenvalue weighted by atomic mass is 16.3. The molecule has 1 aliphatic rings. The molecule has 0 fully saturated rings. The van der Waals surface area contributed by atoms with Crippen LogP contribution in [0.1, 0.15) is 5.56 Å². The average molecular weight is 707 g/mol. The molecule has 5 nitrogen and oxygen atoms in total. The maximum absolute atomic E-state index is 6.20. The largest absolute Gasteiger partial charge is 0.456 e. The molecule has 5 heteroatoms. The van der Waals surface area contributed by atoms with Gasteiger partial charge in [0.15, 0.2) is 0 Å². The van der Waals surface area contributed by atoms with E-state index < -0.39 is 0 Å². The number of hydrogen-bond donors (Lipinski definition) is 1. The molecule has 9 aromatic rings. The van der Waals surface area contributed by atoms with Crippen molar-refractivity contribution in [2.45, 2.75) is 0 Å². The molecule has 260 valence electrons. The van der Waals surface area contributed by atoms with E-state index in [0.717, 1.165) is 101 Å². The average Bonchev–Trinajstić information content (AvgIpc) is 3.65. The van der Waals surface area contributed by atoms with Crippen molar-refractivity contribution < 1.29 is 4.42 Å². The molecule has 10 rings (SSSR count). The summed E-state index contributed by atoms with van der Waals surface area (Å²) < 4.78 is 6.20. The highest BCUT2D eigenvalue weighted by Crippen LogP contribution is 2.38. The van der Waals surface area contributed by atoms with E-state index in [2.05, 4.69) is 142 Å². The lowest BCUT2D eigenvalue weighted by molar-refractivity contribution is 0.669. The molecular weight excluding hydrogens is 673 g/mol. The number of allylic oxidation sites excluding steroid dienone is 2. The highest BCUT2D eigenvalue weighted by molar-refractivity contribution is 6.06. The summed E-state index contributed by atoms with van der Waals surface area (Å²) in [6.45, 7) is 0.811. The van der Waals surface area contributed by atoms with E-state index in [-0.39, 0.29) is 0 Å². The van der Waals surface area contributed by atoms with Crippen molar-refractivity contribution >= 4 is 27.5 Å². The van der Waals surface area contributed by atoms with Crippen LogP contribution in [0.4, 0.5) is 0 Å². The molecule has 4 aromatic heterocycles. The first-order valence-electron chi connectivity index (χ1n) is 18.4. The lowest BCUT2D eigenvalue weighted by Crippen LogP contribution is -2.08. The summed E-state index contributed by atoms with van der Waals surface area (Å²) >= 11 is 0. The fraction of sp³-hybridized carbons (Fsp3) is 0.0200. The van der Waals surface area contributed by atoms with Crippen LogP contribution in [-0.4, -0.2) is 21.5 Å². The minimum absolute atomic E-state index is 0.811. The van der Waals surface area contributed by atoms with Crippen molar-refractivity contribution in [2.75, 3.05) is 6.54 Å². The molecule has 0 saturated heterocycles. The zero-order valence-electron chi connectivity index (χ0n) is 29.9. The van der Waals surface area contributed by atoms with Crippen LogP contribution in [0.2, 0.25) is 0 Å². The van der Waals surface area contributed by atoms with E-state index in [4.69, 9.17) is 4.42 Å². The smallest absolute Gasteiger partial charge is 0.135 e. The number of furan rings is 1. The summed E-state index contributed by atoms with van der Waals surface area (Å²) in [7, 11) is 0. The molecule has 0 radical (unpaired) electrons. The maximum Gasteiger partial charge on any atom is 0.135 e. The molecular formula is C50H34N4O. The van der Waals surface area contributed by atoms with Gasteiger partial charge in [-0.15, -0.1) is 0 Å². The van der Waals surface area contributed by atoms with Crippen LogP contribution in [-0.2, 0) is 0 Å². The summed E-state index contributed by atoms with van der Waals surface area (Å²) in [4.78, 5) is 13.4. The third-order valence-electron chi connectivity index (χ3n) is 10.3. The van der Waals surface area contributed by atoms with Gasteiger partial charge < -0.3 is 9.73 Å². The Hall–Kier alpha value is -7.37. The molecule has 55 heavy (non-hydrogen) atoms. The molecule has 1 N–H and O–H groups in total. The van der Waals surface area contributed by atoms with Crippen LogP contribution in [0.3, 0.4) is 0 Å². The van der Waals surface area contributed by atoms with Crippen LogP contribution in [0.15, 0.2) is 193 Å². The van der Waals surface area contributed by atoms with E-state index in [9.17, 15) is 0 Å². The number of dihydropyridines is 1. The Labute approximate surface area is 319 Å². The van der Waals surface area contributed by atoms with Crippen LogP contribution in [0.25, 0.3) is 94.3 Å². The number of hydrogen-bond acceptors (Lipinski definition) is 5. The van der Waals surface area contributed by atoms with E-state index in [1.54, 1.807) is 0 Å². The Morgan fingerprint density at radius 1 is 0.400 bits per heavy atom. The number of pyridine rings is 3. The zero-order valence-corrected chi connectivity index (χ0v) is 29.9. The van der Waals surface area contributed by atoms with E-state index in [1.165, 1.54) is 5.57 Å². The second-order valence-corrected chi connectivity index (χ2v) is 13.8. The van der Waals surface area contributed by atoms with Crippen molar-refractivity contribution in [2.24, 2.45) is 0 Å². The third-order valence-corrected chi connectivity index (χ3v) is 10.3. The number of benzene rings is 5. The van der Waals surface area contributed by atoms with Gasteiger partial charge in [-0.25, -0.2) is 0 Å². The molecule has 0 amide bonds. The van der Waals surface area contributed by atoms with E-state index in [0.29, 0.717) is 0 Å². The van der Waals surface area contributed by atoms with Crippen LogP contribution < -0.4 is 5.32 Å². The Bertz CT molecular complexity index is 2940. The lowest BCUT2D eigenvalue weighted by Gasteiger charge is -2.14.